The highest BCUT2D eigenvalue weighted by Crippen LogP contribution is 2.35. The number of allylic oxidation sites excluding steroid dienone is 4. The molecule has 4 aromatic rings. The predicted molar refractivity (Wildman–Crippen MR) is 461 cm³/mol. The van der Waals surface area contributed by atoms with Crippen molar-refractivity contribution >= 4 is 88.0 Å². The first-order valence-electron chi connectivity index (χ1n) is 42.0. The number of methoxy groups -OCH3 is 2. The average molecular weight is 1680 g/mol. The zero-order chi connectivity index (χ0) is 87.2. The number of benzene rings is 3. The van der Waals surface area contributed by atoms with E-state index in [0.29, 0.717) is 73.3 Å². The molecule has 1 aromatic heterocycles. The maximum Gasteiger partial charge on any atom is 0.410 e. The Labute approximate surface area is 711 Å². The van der Waals surface area contributed by atoms with Gasteiger partial charge < -0.3 is 81.3 Å². The number of rotatable bonds is 45. The van der Waals surface area contributed by atoms with Crippen LogP contribution in [0.2, 0.25) is 0 Å². The normalized spacial score (nSPS) is 17.1. The summed E-state index contributed by atoms with van der Waals surface area (Å²) in [5.41, 5.74) is 9.28. The molecular weight excluding hydrogens is 1550 g/mol. The topological polar surface area (TPSA) is 370 Å². The molecule has 2 aliphatic heterocycles. The Balaban J connectivity index is 0.859. The van der Waals surface area contributed by atoms with Crippen LogP contribution in [0.15, 0.2) is 127 Å². The van der Waals surface area contributed by atoms with Gasteiger partial charge in [-0.3, -0.25) is 48.1 Å². The summed E-state index contributed by atoms with van der Waals surface area (Å²) >= 11 is 1.47. The highest BCUT2D eigenvalue weighted by molar-refractivity contribution is 7.09. The molecular formula is C90H127N13O16S. The maximum absolute atomic E-state index is 15.2. The number of aromatic nitrogens is 1. The van der Waals surface area contributed by atoms with Crippen LogP contribution in [-0.2, 0) is 79.9 Å². The van der Waals surface area contributed by atoms with E-state index in [2.05, 4.69) is 60.6 Å². The third kappa shape index (κ3) is 30.7. The van der Waals surface area contributed by atoms with Gasteiger partial charge in [-0.25, -0.2) is 14.6 Å². The molecule has 1 saturated carbocycles. The molecule has 0 radical (unpaired) electrons. The van der Waals surface area contributed by atoms with Crippen LogP contribution in [0.4, 0.5) is 21.0 Å². The number of carbonyl (C=O) groups is 11. The van der Waals surface area contributed by atoms with Crippen molar-refractivity contribution < 1.29 is 76.4 Å². The number of nitrogens with two attached hydrogens (primary N) is 1. The van der Waals surface area contributed by atoms with E-state index in [0.717, 1.165) is 42.7 Å². The van der Waals surface area contributed by atoms with Crippen molar-refractivity contribution in [2.24, 2.45) is 35.3 Å². The number of hydrogen-bond acceptors (Lipinski definition) is 18. The standard InChI is InChI=1S/C90H127N13O16S/c1-59(2)78(98-75(105)45-51-117-53-54-118-52-47-92-74(104)37-25-38-76(106)102-49-24-14-13-17-28-62(7)39-42-66-31-22-23-35-71(66)102)85(110)96-69(34-26-46-94-89(91)113)84(109)95-68-43-40-65(41-44-68)58-119-90(114)101(10)80(61(5)6)86(111)99-79(60(3)4)88(112)100(9)81(67-32-20-16-21-33-67)73(115-11)57-77(107)103-50-27-36-72(103)82(116-12)63(8)83(108)97-70(87-93-48-55-120-87)56-64-29-18-15-19-30-64/h13-15,17-19,22-23,28-31,35,40-41,43-44,48,55,59-61,63,67,69-70,72-73,78-82H,7,16,20-21,24-27,32-34,36-38,45-47,49-54,56-58H2,1-6,8-12H3,(H,92,104)(H,95,109)(H,96,110)(H,97,108)(H,98,105)(H,99,111)(H3,91,94,113)/b14-13-,28-17-/t63-,69?,70?,72+,73-,78+,79+,80+,81+,82-/m1/s1. The van der Waals surface area contributed by atoms with E-state index < -0.39 is 108 Å². The molecule has 120 heavy (non-hydrogen) atoms. The number of fused-ring (bicyclic) bond motifs is 1. The number of primary amides is 1. The second-order valence-electron chi connectivity index (χ2n) is 31.9. The molecule has 0 spiro atoms. The summed E-state index contributed by atoms with van der Waals surface area (Å²) in [6.07, 6.45) is 15.0. The smallest absolute Gasteiger partial charge is 0.410 e. The van der Waals surface area contributed by atoms with E-state index in [1.165, 1.54) is 23.3 Å². The zero-order valence-electron chi connectivity index (χ0n) is 71.7. The van der Waals surface area contributed by atoms with Crippen molar-refractivity contribution in [2.45, 2.75) is 212 Å². The lowest BCUT2D eigenvalue weighted by Crippen LogP contribution is -2.60. The predicted octanol–water partition coefficient (Wildman–Crippen LogP) is 9.61. The van der Waals surface area contributed by atoms with E-state index in [4.69, 9.17) is 29.4 Å². The van der Waals surface area contributed by atoms with Gasteiger partial charge in [0, 0.05) is 102 Å². The second kappa shape index (κ2) is 50.7. The van der Waals surface area contributed by atoms with Crippen molar-refractivity contribution in [2.75, 3.05) is 91.1 Å². The lowest BCUT2D eigenvalue weighted by atomic mass is 9.80. The van der Waals surface area contributed by atoms with Gasteiger partial charge in [-0.2, -0.15) is 0 Å². The van der Waals surface area contributed by atoms with Gasteiger partial charge in [-0.05, 0) is 123 Å². The molecule has 0 bridgehead atoms. The molecule has 3 heterocycles. The Morgan fingerprint density at radius 2 is 1.36 bits per heavy atom. The summed E-state index contributed by atoms with van der Waals surface area (Å²) in [6.45, 7) is 18.1. The highest BCUT2D eigenvalue weighted by atomic mass is 32.1. The quantitative estimate of drug-likeness (QED) is 0.0151. The minimum atomic E-state index is -1.14. The monoisotopic (exact) mass is 1680 g/mol. The number of likely N-dealkylation sites (N-methyl/N-ethyl adjacent to an activating group) is 2. The number of para-hydroxylation sites is 1. The lowest BCUT2D eigenvalue weighted by molar-refractivity contribution is -0.148. The number of amides is 12. The van der Waals surface area contributed by atoms with Crippen LogP contribution >= 0.6 is 11.3 Å². The van der Waals surface area contributed by atoms with E-state index >= 15 is 4.79 Å². The third-order valence-corrected chi connectivity index (χ3v) is 22.8. The lowest BCUT2D eigenvalue weighted by Gasteiger charge is -2.43. The van der Waals surface area contributed by atoms with Gasteiger partial charge in [0.05, 0.1) is 74.8 Å². The average Bonchev–Trinajstić information content (AvgIpc) is 1.21. The van der Waals surface area contributed by atoms with Crippen LogP contribution in [0, 0.1) is 41.4 Å². The Morgan fingerprint density at radius 1 is 0.650 bits per heavy atom. The van der Waals surface area contributed by atoms with Gasteiger partial charge in [0.1, 0.15) is 35.8 Å². The zero-order valence-corrected chi connectivity index (χ0v) is 72.5. The second-order valence-corrected chi connectivity index (χ2v) is 32.8. The Kier molecular flexibility index (Phi) is 40.9. The van der Waals surface area contributed by atoms with Gasteiger partial charge in [0.25, 0.3) is 0 Å². The SMILES string of the molecule is C=C1C#Cc2ccccc2N(C(=O)CCCC(=O)NCCOCCOCCC(=O)N[C@H](C(=O)NC(CCCNC(N)=O)C(=O)Nc2ccc(COC(=O)N(C)[C@H](C(=O)N[C@H](C(=O)N(C)[C@@H](C3CCCCC3)[C@@H](CC(=O)N3CCC[C@H]3[C@H](OC)[C@@H](C)C(=O)NC(Cc3ccccc3)c3nccs3)OC)C(C)C)C(C)C)cc2)C(C)C)CC/C=C\C=C/1. The van der Waals surface area contributed by atoms with E-state index in [-0.39, 0.29) is 126 Å². The maximum atomic E-state index is 15.2. The Bertz CT molecular complexity index is 4130. The largest absolute Gasteiger partial charge is 0.445 e. The van der Waals surface area contributed by atoms with Gasteiger partial charge in [0.2, 0.25) is 53.2 Å². The summed E-state index contributed by atoms with van der Waals surface area (Å²) < 4.78 is 29.4. The molecule has 1 saturated heterocycles. The molecule has 2 fully saturated rings. The molecule has 3 aliphatic rings. The van der Waals surface area contributed by atoms with Crippen LogP contribution < -0.4 is 47.9 Å². The molecule has 12 amide bonds. The minimum Gasteiger partial charge on any atom is -0.445 e. The molecule has 1 aliphatic carbocycles. The number of nitrogens with one attached hydrogen (secondary N) is 7. The first-order valence-corrected chi connectivity index (χ1v) is 42.9. The number of anilines is 2. The van der Waals surface area contributed by atoms with Crippen LogP contribution in [0.5, 0.6) is 0 Å². The molecule has 9 N–H and O–H groups in total. The fraction of sp³-hybridized carbons (Fsp3) is 0.556. The molecule has 3 aromatic carbocycles. The number of nitrogens with zero attached hydrogens (tertiary/aromatic N) is 5. The summed E-state index contributed by atoms with van der Waals surface area (Å²) in [6, 6.07) is 17.4. The number of thiazole rings is 1. The fourth-order valence-corrected chi connectivity index (χ4v) is 16.2. The van der Waals surface area contributed by atoms with Crippen LogP contribution in [0.1, 0.15) is 173 Å². The first-order chi connectivity index (χ1) is 57.6. The van der Waals surface area contributed by atoms with Crippen molar-refractivity contribution in [1.82, 2.24) is 51.6 Å². The number of carbonyl (C=O) groups excluding carboxylic acids is 11. The Hall–Kier alpha value is -10.3. The van der Waals surface area contributed by atoms with E-state index in [9.17, 15) is 47.9 Å². The van der Waals surface area contributed by atoms with Crippen molar-refractivity contribution in [3.05, 3.63) is 149 Å². The molecule has 7 rings (SSSR count). The summed E-state index contributed by atoms with van der Waals surface area (Å²) in [5, 5.41) is 22.6. The summed E-state index contributed by atoms with van der Waals surface area (Å²) in [5.74, 6) is 0.859. The first kappa shape index (κ1) is 96.8. The number of likely N-dealkylation sites (tertiary alicyclic amines) is 1. The van der Waals surface area contributed by atoms with Crippen LogP contribution in [0.25, 0.3) is 0 Å². The fourth-order valence-electron chi connectivity index (χ4n) is 15.5. The minimum absolute atomic E-state index is 0.0119. The third-order valence-electron chi connectivity index (χ3n) is 21.9. The molecule has 30 heteroatoms. The summed E-state index contributed by atoms with van der Waals surface area (Å²) in [4.78, 5) is 163. The van der Waals surface area contributed by atoms with Gasteiger partial charge in [0.15, 0.2) is 0 Å². The number of hydrogen-bond donors (Lipinski definition) is 8. The van der Waals surface area contributed by atoms with Crippen LogP contribution in [-0.4, -0.2) is 214 Å². The van der Waals surface area contributed by atoms with E-state index in [1.54, 1.807) is 89.2 Å². The number of urea groups is 1. The van der Waals surface area contributed by atoms with Crippen molar-refractivity contribution in [1.29, 1.82) is 0 Å². The number of ether oxygens (including phenoxy) is 5. The molecule has 29 nitrogen and oxygen atoms in total. The molecule has 10 atom stereocenters. The Morgan fingerprint density at radius 3 is 2.03 bits per heavy atom. The molecule has 654 valence electrons. The van der Waals surface area contributed by atoms with Crippen molar-refractivity contribution in [3.8, 4) is 11.8 Å². The van der Waals surface area contributed by atoms with E-state index in [1.807, 2.05) is 110 Å². The highest BCUT2D eigenvalue weighted by Gasteiger charge is 2.45. The van der Waals surface area contributed by atoms with Crippen LogP contribution in [0.3, 0.4) is 0 Å². The summed E-state index contributed by atoms with van der Waals surface area (Å²) in [7, 11) is 6.29. The van der Waals surface area contributed by atoms with Gasteiger partial charge in [-0.15, -0.1) is 11.3 Å². The van der Waals surface area contributed by atoms with Gasteiger partial charge in [-0.1, -0.05) is 159 Å². The van der Waals surface area contributed by atoms with Crippen molar-refractivity contribution in [3.63, 3.8) is 0 Å². The molecule has 2 unspecified atom stereocenters. The van der Waals surface area contributed by atoms with Gasteiger partial charge >= 0.3 is 12.1 Å².